The molecule has 0 atom stereocenters. The van der Waals surface area contributed by atoms with Crippen LogP contribution in [0.4, 0.5) is 0 Å². The van der Waals surface area contributed by atoms with Gasteiger partial charge in [-0.1, -0.05) is 19.3 Å². The van der Waals surface area contributed by atoms with Crippen molar-refractivity contribution in [1.82, 2.24) is 10.0 Å². The maximum absolute atomic E-state index is 12.2. The van der Waals surface area contributed by atoms with Crippen molar-refractivity contribution in [2.24, 2.45) is 5.92 Å². The monoisotopic (exact) mass is 312 g/mol. The predicted molar refractivity (Wildman–Crippen MR) is 80.3 cm³/mol. The van der Waals surface area contributed by atoms with Gasteiger partial charge in [-0.05, 0) is 43.7 Å². The van der Waals surface area contributed by atoms with Crippen molar-refractivity contribution in [3.05, 3.63) is 17.9 Å². The summed E-state index contributed by atoms with van der Waals surface area (Å²) in [4.78, 5) is 0. The van der Waals surface area contributed by atoms with Crippen LogP contribution in [0.2, 0.25) is 0 Å². The van der Waals surface area contributed by atoms with Gasteiger partial charge in [0.1, 0.15) is 5.76 Å². The molecule has 0 amide bonds. The third-order valence-electron chi connectivity index (χ3n) is 4.33. The molecule has 2 N–H and O–H groups in total. The van der Waals surface area contributed by atoms with Crippen molar-refractivity contribution in [2.75, 3.05) is 6.54 Å². The van der Waals surface area contributed by atoms with E-state index in [0.29, 0.717) is 30.8 Å². The van der Waals surface area contributed by atoms with Gasteiger partial charge in [0.05, 0.1) is 6.54 Å². The Morgan fingerprint density at radius 2 is 1.86 bits per heavy atom. The summed E-state index contributed by atoms with van der Waals surface area (Å²) in [5, 5.41) is 3.35. The molecule has 1 aromatic rings. The molecular weight excluding hydrogens is 288 g/mol. The summed E-state index contributed by atoms with van der Waals surface area (Å²) in [5.74, 6) is 1.15. The Bertz CT molecular complexity index is 557. The Kier molecular flexibility index (Phi) is 4.66. The molecule has 1 aromatic heterocycles. The van der Waals surface area contributed by atoms with Crippen molar-refractivity contribution in [3.8, 4) is 0 Å². The zero-order chi connectivity index (χ0) is 14.7. The summed E-state index contributed by atoms with van der Waals surface area (Å²) in [6, 6.07) is 3.87. The van der Waals surface area contributed by atoms with Crippen molar-refractivity contribution >= 4 is 10.0 Å². The smallest absolute Gasteiger partial charge is 0.273 e. The molecule has 3 rings (SSSR count). The van der Waals surface area contributed by atoms with E-state index in [-0.39, 0.29) is 5.09 Å². The average Bonchev–Trinajstić information content (AvgIpc) is 3.20. The molecule has 6 heteroatoms. The highest BCUT2D eigenvalue weighted by Gasteiger charge is 2.23. The highest BCUT2D eigenvalue weighted by atomic mass is 32.2. The Morgan fingerprint density at radius 3 is 2.57 bits per heavy atom. The van der Waals surface area contributed by atoms with Crippen LogP contribution in [0.25, 0.3) is 0 Å². The van der Waals surface area contributed by atoms with Gasteiger partial charge in [-0.2, -0.15) is 0 Å². The fourth-order valence-electron chi connectivity index (χ4n) is 2.82. The van der Waals surface area contributed by atoms with Crippen molar-refractivity contribution < 1.29 is 12.8 Å². The van der Waals surface area contributed by atoms with Gasteiger partial charge >= 0.3 is 0 Å². The summed E-state index contributed by atoms with van der Waals surface area (Å²) in [7, 11) is -3.51. The van der Waals surface area contributed by atoms with Crippen LogP contribution in [0.1, 0.15) is 50.7 Å². The van der Waals surface area contributed by atoms with Crippen LogP contribution < -0.4 is 10.0 Å². The zero-order valence-electron chi connectivity index (χ0n) is 12.3. The molecule has 0 radical (unpaired) electrons. The highest BCUT2D eigenvalue weighted by Crippen LogP contribution is 2.24. The van der Waals surface area contributed by atoms with E-state index in [1.807, 2.05) is 0 Å². The van der Waals surface area contributed by atoms with Crippen molar-refractivity contribution in [3.63, 3.8) is 0 Å². The van der Waals surface area contributed by atoms with Gasteiger partial charge in [-0.3, -0.25) is 0 Å². The number of hydrogen-bond acceptors (Lipinski definition) is 4. The van der Waals surface area contributed by atoms with Crippen LogP contribution in [0.5, 0.6) is 0 Å². The molecule has 0 aromatic carbocycles. The molecule has 0 unspecified atom stereocenters. The lowest BCUT2D eigenvalue weighted by Gasteiger charge is -2.21. The number of furan rings is 1. The molecule has 0 saturated heterocycles. The van der Waals surface area contributed by atoms with E-state index in [1.165, 1.54) is 32.1 Å². The van der Waals surface area contributed by atoms with Gasteiger partial charge in [-0.25, -0.2) is 13.1 Å². The molecule has 1 heterocycles. The minimum absolute atomic E-state index is 0.0332. The average molecular weight is 312 g/mol. The lowest BCUT2D eigenvalue weighted by molar-refractivity contribution is 0.353. The van der Waals surface area contributed by atoms with Crippen LogP contribution in [0, 0.1) is 5.92 Å². The summed E-state index contributed by atoms with van der Waals surface area (Å²) >= 11 is 0. The quantitative estimate of drug-likeness (QED) is 0.811. The lowest BCUT2D eigenvalue weighted by atomic mass is 9.90. The second-order valence-electron chi connectivity index (χ2n) is 6.23. The summed E-state index contributed by atoms with van der Waals surface area (Å²) in [5.41, 5.74) is 0. The highest BCUT2D eigenvalue weighted by molar-refractivity contribution is 7.89. The van der Waals surface area contributed by atoms with E-state index < -0.39 is 10.0 Å². The van der Waals surface area contributed by atoms with E-state index >= 15 is 0 Å². The fourth-order valence-corrected chi connectivity index (χ4v) is 3.88. The second-order valence-corrected chi connectivity index (χ2v) is 7.93. The standard InChI is InChI=1S/C15H24N2O3S/c18-21(19,17-10-12-4-2-1-3-5-12)15-9-8-14(20-15)11-16-13-6-7-13/h8-9,12-13,16-17H,1-7,10-11H2. The Balaban J connectivity index is 1.53. The molecule has 2 aliphatic rings. The van der Waals surface area contributed by atoms with Crippen LogP contribution in [-0.4, -0.2) is 21.0 Å². The number of rotatable bonds is 7. The van der Waals surface area contributed by atoms with E-state index in [0.717, 1.165) is 12.8 Å². The van der Waals surface area contributed by atoms with Gasteiger partial charge in [0.25, 0.3) is 10.0 Å². The molecule has 21 heavy (non-hydrogen) atoms. The molecule has 0 aliphatic heterocycles. The van der Waals surface area contributed by atoms with Crippen molar-refractivity contribution in [1.29, 1.82) is 0 Å². The summed E-state index contributed by atoms with van der Waals surface area (Å²) in [6.07, 6.45) is 8.35. The SMILES string of the molecule is O=S(=O)(NCC1CCCCC1)c1ccc(CNC2CC2)o1. The third kappa shape index (κ3) is 4.31. The van der Waals surface area contributed by atoms with Gasteiger partial charge < -0.3 is 9.73 Å². The normalized spacial score (nSPS) is 20.8. The number of sulfonamides is 1. The van der Waals surface area contributed by atoms with Gasteiger partial charge in [0.15, 0.2) is 0 Å². The van der Waals surface area contributed by atoms with E-state index in [1.54, 1.807) is 12.1 Å². The summed E-state index contributed by atoms with van der Waals surface area (Å²) in [6.45, 7) is 1.13. The Hall–Kier alpha value is -0.850. The first-order valence-electron chi connectivity index (χ1n) is 7.95. The number of hydrogen-bond donors (Lipinski definition) is 2. The maximum Gasteiger partial charge on any atom is 0.273 e. The van der Waals surface area contributed by atoms with Crippen LogP contribution in [0.3, 0.4) is 0 Å². The van der Waals surface area contributed by atoms with E-state index in [4.69, 9.17) is 4.42 Å². The molecular formula is C15H24N2O3S. The van der Waals surface area contributed by atoms with Crippen molar-refractivity contribution in [2.45, 2.75) is 62.6 Å². The molecule has 2 fully saturated rings. The fraction of sp³-hybridized carbons (Fsp3) is 0.733. The Morgan fingerprint density at radius 1 is 1.10 bits per heavy atom. The minimum atomic E-state index is -3.51. The third-order valence-corrected chi connectivity index (χ3v) is 5.63. The van der Waals surface area contributed by atoms with Gasteiger partial charge in [0, 0.05) is 12.6 Å². The van der Waals surface area contributed by atoms with Crippen LogP contribution >= 0.6 is 0 Å². The first-order chi connectivity index (χ1) is 10.1. The largest absolute Gasteiger partial charge is 0.447 e. The zero-order valence-corrected chi connectivity index (χ0v) is 13.1. The van der Waals surface area contributed by atoms with Gasteiger partial charge in [-0.15, -0.1) is 0 Å². The molecule has 2 aliphatic carbocycles. The van der Waals surface area contributed by atoms with E-state index in [9.17, 15) is 8.42 Å². The van der Waals surface area contributed by atoms with Gasteiger partial charge in [0.2, 0.25) is 5.09 Å². The molecule has 5 nitrogen and oxygen atoms in total. The minimum Gasteiger partial charge on any atom is -0.447 e. The van der Waals surface area contributed by atoms with E-state index in [2.05, 4.69) is 10.0 Å². The molecule has 118 valence electrons. The lowest BCUT2D eigenvalue weighted by Crippen LogP contribution is -2.30. The Labute approximate surface area is 126 Å². The maximum atomic E-state index is 12.2. The van der Waals surface area contributed by atoms with Crippen LogP contribution in [0.15, 0.2) is 21.6 Å². The topological polar surface area (TPSA) is 71.3 Å². The molecule has 0 spiro atoms. The first-order valence-corrected chi connectivity index (χ1v) is 9.43. The molecule has 2 saturated carbocycles. The van der Waals surface area contributed by atoms with Crippen LogP contribution in [-0.2, 0) is 16.6 Å². The number of nitrogens with one attached hydrogen (secondary N) is 2. The predicted octanol–water partition coefficient (Wildman–Crippen LogP) is 2.39. The second kappa shape index (κ2) is 6.50. The molecule has 0 bridgehead atoms. The first kappa shape index (κ1) is 15.1. The summed E-state index contributed by atoms with van der Waals surface area (Å²) < 4.78 is 32.6.